The van der Waals surface area contributed by atoms with E-state index in [0.29, 0.717) is 11.3 Å². The number of carbonyl (C=O) groups is 1. The number of benzene rings is 2. The van der Waals surface area contributed by atoms with E-state index in [0.717, 1.165) is 10.9 Å². The number of aliphatic hydroxyl groups excluding tert-OH is 1. The van der Waals surface area contributed by atoms with Crippen molar-refractivity contribution in [2.45, 2.75) is 24.8 Å². The Balaban J connectivity index is 1.66. The first kappa shape index (κ1) is 21.0. The van der Waals surface area contributed by atoms with Gasteiger partial charge in [-0.3, -0.25) is 4.79 Å². The predicted molar refractivity (Wildman–Crippen MR) is 113 cm³/mol. The fraction of sp³-hybridized carbons (Fsp3) is 0.286. The standard InChI is InChI=1S/C21H25N3O4S/c1-14(2)21(26)23-17-5-7-18(8-6-17)29(27,28)22-13-20(25)16-4-9-19-15(12-16)10-11-24(19)3/h4-12,14,20,22,25H,13H2,1-3H3,(H,23,26). The number of anilines is 1. The van der Waals surface area contributed by atoms with E-state index >= 15 is 0 Å². The van der Waals surface area contributed by atoms with E-state index in [1.807, 2.05) is 36.0 Å². The lowest BCUT2D eigenvalue weighted by Crippen LogP contribution is -2.28. The van der Waals surface area contributed by atoms with E-state index < -0.39 is 16.1 Å². The van der Waals surface area contributed by atoms with Gasteiger partial charge in [0.25, 0.3) is 0 Å². The highest BCUT2D eigenvalue weighted by atomic mass is 32.2. The topological polar surface area (TPSA) is 100 Å². The largest absolute Gasteiger partial charge is 0.387 e. The lowest BCUT2D eigenvalue weighted by molar-refractivity contribution is -0.118. The Morgan fingerprint density at radius 1 is 1.10 bits per heavy atom. The van der Waals surface area contributed by atoms with Gasteiger partial charge in [0.2, 0.25) is 15.9 Å². The lowest BCUT2D eigenvalue weighted by atomic mass is 10.1. The fourth-order valence-electron chi connectivity index (χ4n) is 2.90. The number of hydrogen-bond donors (Lipinski definition) is 3. The summed E-state index contributed by atoms with van der Waals surface area (Å²) in [6, 6.07) is 13.4. The molecule has 1 aromatic heterocycles. The molecule has 3 aromatic rings. The molecule has 0 bridgehead atoms. The third-order valence-electron chi connectivity index (χ3n) is 4.72. The zero-order chi connectivity index (χ0) is 21.2. The molecule has 7 nitrogen and oxygen atoms in total. The second-order valence-electron chi connectivity index (χ2n) is 7.28. The molecule has 0 spiro atoms. The molecule has 3 rings (SSSR count). The van der Waals surface area contributed by atoms with Crippen molar-refractivity contribution in [3.8, 4) is 0 Å². The van der Waals surface area contributed by atoms with E-state index in [-0.39, 0.29) is 23.3 Å². The number of amides is 1. The number of aromatic nitrogens is 1. The molecule has 1 amide bonds. The molecule has 8 heteroatoms. The molecule has 0 fully saturated rings. The van der Waals surface area contributed by atoms with Gasteiger partial charge in [-0.1, -0.05) is 19.9 Å². The minimum atomic E-state index is -3.79. The van der Waals surface area contributed by atoms with Crippen LogP contribution in [0.3, 0.4) is 0 Å². The van der Waals surface area contributed by atoms with Crippen LogP contribution in [0.1, 0.15) is 25.5 Å². The third-order valence-corrected chi connectivity index (χ3v) is 6.16. The number of fused-ring (bicyclic) bond motifs is 1. The number of rotatable bonds is 7. The molecule has 2 aromatic carbocycles. The van der Waals surface area contributed by atoms with Crippen LogP contribution >= 0.6 is 0 Å². The summed E-state index contributed by atoms with van der Waals surface area (Å²) < 4.78 is 29.4. The average Bonchev–Trinajstić information content (AvgIpc) is 3.07. The van der Waals surface area contributed by atoms with Crippen molar-refractivity contribution < 1.29 is 18.3 Å². The fourth-order valence-corrected chi connectivity index (χ4v) is 3.94. The van der Waals surface area contributed by atoms with Crippen molar-refractivity contribution >= 4 is 32.5 Å². The highest BCUT2D eigenvalue weighted by Crippen LogP contribution is 2.21. The van der Waals surface area contributed by atoms with E-state index in [1.54, 1.807) is 19.9 Å². The zero-order valence-corrected chi connectivity index (χ0v) is 17.4. The van der Waals surface area contributed by atoms with E-state index in [4.69, 9.17) is 0 Å². The Bertz CT molecular complexity index is 1120. The summed E-state index contributed by atoms with van der Waals surface area (Å²) in [6.07, 6.45) is 0.954. The Hall–Kier alpha value is -2.68. The monoisotopic (exact) mass is 415 g/mol. The van der Waals surface area contributed by atoms with Crippen molar-refractivity contribution in [2.24, 2.45) is 13.0 Å². The molecule has 0 aliphatic carbocycles. The maximum atomic E-state index is 12.5. The van der Waals surface area contributed by atoms with Crippen molar-refractivity contribution in [3.05, 3.63) is 60.3 Å². The Kier molecular flexibility index (Phi) is 6.07. The van der Waals surface area contributed by atoms with E-state index in [9.17, 15) is 18.3 Å². The van der Waals surface area contributed by atoms with Crippen molar-refractivity contribution in [3.63, 3.8) is 0 Å². The first-order chi connectivity index (χ1) is 13.7. The minimum absolute atomic E-state index is 0.0609. The zero-order valence-electron chi connectivity index (χ0n) is 16.6. The Morgan fingerprint density at radius 2 is 1.79 bits per heavy atom. The lowest BCUT2D eigenvalue weighted by Gasteiger charge is -2.14. The number of aliphatic hydroxyl groups is 1. The quantitative estimate of drug-likeness (QED) is 0.552. The smallest absolute Gasteiger partial charge is 0.240 e. The number of hydrogen-bond acceptors (Lipinski definition) is 4. The summed E-state index contributed by atoms with van der Waals surface area (Å²) in [7, 11) is -1.85. The normalized spacial score (nSPS) is 13.0. The van der Waals surface area contributed by atoms with Gasteiger partial charge in [0, 0.05) is 36.9 Å². The second-order valence-corrected chi connectivity index (χ2v) is 9.05. The van der Waals surface area contributed by atoms with Gasteiger partial charge in [-0.25, -0.2) is 13.1 Å². The summed E-state index contributed by atoms with van der Waals surface area (Å²) in [6.45, 7) is 3.41. The van der Waals surface area contributed by atoms with Crippen LogP contribution in [0.25, 0.3) is 10.9 Å². The summed E-state index contributed by atoms with van der Waals surface area (Å²) in [5, 5.41) is 14.1. The summed E-state index contributed by atoms with van der Waals surface area (Å²) in [5.74, 6) is -0.311. The van der Waals surface area contributed by atoms with Gasteiger partial charge in [0.15, 0.2) is 0 Å². The van der Waals surface area contributed by atoms with Crippen molar-refractivity contribution in [2.75, 3.05) is 11.9 Å². The van der Waals surface area contributed by atoms with Crippen LogP contribution in [0.2, 0.25) is 0 Å². The SMILES string of the molecule is CC(C)C(=O)Nc1ccc(S(=O)(=O)NCC(O)c2ccc3c(ccn3C)c2)cc1. The Morgan fingerprint density at radius 3 is 2.45 bits per heavy atom. The molecule has 0 aliphatic rings. The number of nitrogens with one attached hydrogen (secondary N) is 2. The maximum Gasteiger partial charge on any atom is 0.240 e. The van der Waals surface area contributed by atoms with Gasteiger partial charge in [0.05, 0.1) is 11.0 Å². The van der Waals surface area contributed by atoms with Crippen LogP contribution in [0.4, 0.5) is 5.69 Å². The molecule has 1 atom stereocenters. The molecule has 154 valence electrons. The van der Waals surface area contributed by atoms with Crippen LogP contribution in [0, 0.1) is 5.92 Å². The minimum Gasteiger partial charge on any atom is -0.387 e. The van der Waals surface area contributed by atoms with Gasteiger partial charge in [-0.05, 0) is 53.4 Å². The maximum absolute atomic E-state index is 12.5. The van der Waals surface area contributed by atoms with E-state index in [2.05, 4.69) is 10.0 Å². The molecule has 0 saturated heterocycles. The van der Waals surface area contributed by atoms with Gasteiger partial charge in [0.1, 0.15) is 0 Å². The van der Waals surface area contributed by atoms with Crippen LogP contribution in [0.15, 0.2) is 59.6 Å². The molecule has 0 radical (unpaired) electrons. The van der Waals surface area contributed by atoms with Crippen LogP contribution in [-0.2, 0) is 21.9 Å². The van der Waals surface area contributed by atoms with Crippen LogP contribution in [0.5, 0.6) is 0 Å². The molecule has 0 saturated carbocycles. The second kappa shape index (κ2) is 8.36. The first-order valence-corrected chi connectivity index (χ1v) is 10.8. The molecular formula is C21H25N3O4S. The number of aryl methyl sites for hydroxylation is 1. The number of sulfonamides is 1. The Labute approximate surface area is 170 Å². The molecule has 0 aliphatic heterocycles. The summed E-state index contributed by atoms with van der Waals surface area (Å²) in [5.41, 5.74) is 2.20. The summed E-state index contributed by atoms with van der Waals surface area (Å²) in [4.78, 5) is 11.8. The van der Waals surface area contributed by atoms with Gasteiger partial charge >= 0.3 is 0 Å². The van der Waals surface area contributed by atoms with Crippen LogP contribution in [-0.4, -0.2) is 30.5 Å². The summed E-state index contributed by atoms with van der Waals surface area (Å²) >= 11 is 0. The predicted octanol–water partition coefficient (Wildman–Crippen LogP) is 2.78. The van der Waals surface area contributed by atoms with Gasteiger partial charge in [-0.2, -0.15) is 0 Å². The number of nitrogens with zero attached hydrogens (tertiary/aromatic N) is 1. The molecule has 1 unspecified atom stereocenters. The van der Waals surface area contributed by atoms with E-state index in [1.165, 1.54) is 24.3 Å². The molecule has 1 heterocycles. The van der Waals surface area contributed by atoms with Gasteiger partial charge in [-0.15, -0.1) is 0 Å². The average molecular weight is 416 g/mol. The molecule has 29 heavy (non-hydrogen) atoms. The highest BCUT2D eigenvalue weighted by Gasteiger charge is 2.17. The third kappa shape index (κ3) is 4.84. The molecular weight excluding hydrogens is 390 g/mol. The van der Waals surface area contributed by atoms with Crippen molar-refractivity contribution in [1.29, 1.82) is 0 Å². The van der Waals surface area contributed by atoms with Crippen LogP contribution < -0.4 is 10.0 Å². The van der Waals surface area contributed by atoms with Gasteiger partial charge < -0.3 is 15.0 Å². The number of carbonyl (C=O) groups excluding carboxylic acids is 1. The molecule has 3 N–H and O–H groups in total. The van der Waals surface area contributed by atoms with Crippen molar-refractivity contribution in [1.82, 2.24) is 9.29 Å². The highest BCUT2D eigenvalue weighted by molar-refractivity contribution is 7.89. The first-order valence-electron chi connectivity index (χ1n) is 9.31.